The molecule has 0 bridgehead atoms. The number of rotatable bonds is 3. The molecule has 0 aliphatic carbocycles. The molecule has 2 heterocycles. The van der Waals surface area contributed by atoms with Gasteiger partial charge in [-0.05, 0) is 51.6 Å². The molecule has 4 nitrogen and oxygen atoms in total. The maximum Gasteiger partial charge on any atom is 0.157 e. The van der Waals surface area contributed by atoms with Gasteiger partial charge in [0.05, 0.1) is 9.77 Å². The van der Waals surface area contributed by atoms with Crippen LogP contribution in [0.5, 0.6) is 0 Å². The quantitative estimate of drug-likeness (QED) is 0.815. The zero-order valence-electron chi connectivity index (χ0n) is 8.61. The van der Waals surface area contributed by atoms with Crippen LogP contribution in [0.3, 0.4) is 0 Å². The van der Waals surface area contributed by atoms with E-state index in [0.29, 0.717) is 0 Å². The van der Waals surface area contributed by atoms with Crippen molar-refractivity contribution in [3.05, 3.63) is 38.3 Å². The van der Waals surface area contributed by atoms with E-state index in [-0.39, 0.29) is 0 Å². The fraction of sp³-hybridized carbons (Fsp3) is 0.200. The van der Waals surface area contributed by atoms with Crippen LogP contribution >= 0.6 is 38.5 Å². The average molecular weight is 393 g/mol. The Bertz CT molecular complexity index is 497. The van der Waals surface area contributed by atoms with Crippen LogP contribution < -0.4 is 5.32 Å². The van der Waals surface area contributed by atoms with Crippen molar-refractivity contribution in [2.45, 2.75) is 6.54 Å². The highest BCUT2D eigenvalue weighted by atomic mass is 127. The highest BCUT2D eigenvalue weighted by Gasteiger charge is 2.07. The standard InChI is InChI=1S/C10H10BrIN4/c1-13-3-7-2-8(11)4-14-10(7)16-6-9(12)5-15-16/h2,4-6,13H,3H2,1H3. The minimum atomic E-state index is 0.762. The second kappa shape index (κ2) is 5.24. The van der Waals surface area contributed by atoms with Crippen LogP contribution in [0, 0.1) is 3.57 Å². The van der Waals surface area contributed by atoms with Crippen LogP contribution in [-0.4, -0.2) is 21.8 Å². The molecule has 0 spiro atoms. The van der Waals surface area contributed by atoms with Gasteiger partial charge in [-0.1, -0.05) is 0 Å². The first kappa shape index (κ1) is 12.0. The predicted octanol–water partition coefficient (Wildman–Crippen LogP) is 2.35. The van der Waals surface area contributed by atoms with Gasteiger partial charge >= 0.3 is 0 Å². The Morgan fingerprint density at radius 3 is 2.94 bits per heavy atom. The number of aromatic nitrogens is 3. The summed E-state index contributed by atoms with van der Waals surface area (Å²) in [4.78, 5) is 4.39. The smallest absolute Gasteiger partial charge is 0.157 e. The van der Waals surface area contributed by atoms with E-state index in [1.165, 1.54) is 0 Å². The van der Waals surface area contributed by atoms with Crippen LogP contribution in [0.25, 0.3) is 5.82 Å². The molecule has 1 N–H and O–H groups in total. The van der Waals surface area contributed by atoms with Crippen LogP contribution in [0.1, 0.15) is 5.56 Å². The fourth-order valence-corrected chi connectivity index (χ4v) is 2.18. The lowest BCUT2D eigenvalue weighted by atomic mass is 10.2. The van der Waals surface area contributed by atoms with Gasteiger partial charge in [0.25, 0.3) is 0 Å². The van der Waals surface area contributed by atoms with E-state index >= 15 is 0 Å². The molecular formula is C10H10BrIN4. The molecule has 0 radical (unpaired) electrons. The monoisotopic (exact) mass is 392 g/mol. The van der Waals surface area contributed by atoms with E-state index in [9.17, 15) is 0 Å². The Hall–Kier alpha value is -0.470. The molecule has 2 rings (SSSR count). The molecular weight excluding hydrogens is 383 g/mol. The highest BCUT2D eigenvalue weighted by Crippen LogP contribution is 2.17. The summed E-state index contributed by atoms with van der Waals surface area (Å²) in [6.07, 6.45) is 5.55. The lowest BCUT2D eigenvalue weighted by Gasteiger charge is -2.08. The molecule has 0 unspecified atom stereocenters. The van der Waals surface area contributed by atoms with Crippen LogP contribution in [0.4, 0.5) is 0 Å². The third-order valence-electron chi connectivity index (χ3n) is 2.04. The number of hydrogen-bond acceptors (Lipinski definition) is 3. The minimum Gasteiger partial charge on any atom is -0.316 e. The Morgan fingerprint density at radius 1 is 1.50 bits per heavy atom. The lowest BCUT2D eigenvalue weighted by Crippen LogP contribution is -2.11. The van der Waals surface area contributed by atoms with Crippen molar-refractivity contribution in [1.29, 1.82) is 0 Å². The largest absolute Gasteiger partial charge is 0.316 e. The molecule has 0 saturated carbocycles. The van der Waals surface area contributed by atoms with Crippen molar-refractivity contribution < 1.29 is 0 Å². The highest BCUT2D eigenvalue weighted by molar-refractivity contribution is 14.1. The normalized spacial score (nSPS) is 10.7. The third-order valence-corrected chi connectivity index (χ3v) is 3.04. The van der Waals surface area contributed by atoms with Crippen molar-refractivity contribution in [3.63, 3.8) is 0 Å². The van der Waals surface area contributed by atoms with E-state index in [4.69, 9.17) is 0 Å². The SMILES string of the molecule is CNCc1cc(Br)cnc1-n1cc(I)cn1. The molecule has 0 fully saturated rings. The second-order valence-electron chi connectivity index (χ2n) is 3.27. The molecule has 2 aromatic rings. The molecule has 0 saturated heterocycles. The second-order valence-corrected chi connectivity index (χ2v) is 5.43. The van der Waals surface area contributed by atoms with E-state index in [1.54, 1.807) is 10.9 Å². The summed E-state index contributed by atoms with van der Waals surface area (Å²) in [5, 5.41) is 7.39. The molecule has 2 aromatic heterocycles. The van der Waals surface area contributed by atoms with E-state index in [2.05, 4.69) is 53.9 Å². The number of hydrogen-bond donors (Lipinski definition) is 1. The minimum absolute atomic E-state index is 0.762. The van der Waals surface area contributed by atoms with Crippen molar-refractivity contribution in [2.24, 2.45) is 0 Å². The van der Waals surface area contributed by atoms with Gasteiger partial charge < -0.3 is 5.32 Å². The van der Waals surface area contributed by atoms with Gasteiger partial charge in [0.2, 0.25) is 0 Å². The Morgan fingerprint density at radius 2 is 2.31 bits per heavy atom. The van der Waals surface area contributed by atoms with Crippen molar-refractivity contribution in [3.8, 4) is 5.82 Å². The Kier molecular flexibility index (Phi) is 3.93. The molecule has 6 heteroatoms. The Balaban J connectivity index is 2.47. The molecule has 0 atom stereocenters. The number of pyridine rings is 1. The summed E-state index contributed by atoms with van der Waals surface area (Å²) in [5.74, 6) is 0.862. The summed E-state index contributed by atoms with van der Waals surface area (Å²) in [7, 11) is 1.91. The maximum absolute atomic E-state index is 4.39. The molecule has 0 aliphatic rings. The fourth-order valence-electron chi connectivity index (χ4n) is 1.42. The van der Waals surface area contributed by atoms with Crippen LogP contribution in [-0.2, 0) is 6.54 Å². The number of nitrogens with zero attached hydrogens (tertiary/aromatic N) is 3. The summed E-state index contributed by atoms with van der Waals surface area (Å²) < 4.78 is 3.86. The number of nitrogens with one attached hydrogen (secondary N) is 1. The molecule has 0 aromatic carbocycles. The summed E-state index contributed by atoms with van der Waals surface area (Å²) in [5.41, 5.74) is 1.11. The molecule has 0 amide bonds. The molecule has 84 valence electrons. The van der Waals surface area contributed by atoms with Crippen molar-refractivity contribution in [1.82, 2.24) is 20.1 Å². The zero-order chi connectivity index (χ0) is 11.5. The van der Waals surface area contributed by atoms with E-state index < -0.39 is 0 Å². The third kappa shape index (κ3) is 2.61. The van der Waals surface area contributed by atoms with Crippen LogP contribution in [0.15, 0.2) is 29.1 Å². The van der Waals surface area contributed by atoms with E-state index in [1.807, 2.05) is 25.5 Å². The molecule has 16 heavy (non-hydrogen) atoms. The van der Waals surface area contributed by atoms with Crippen molar-refractivity contribution >= 4 is 38.5 Å². The predicted molar refractivity (Wildman–Crippen MR) is 74.5 cm³/mol. The first-order valence-corrected chi connectivity index (χ1v) is 6.57. The first-order valence-electron chi connectivity index (χ1n) is 4.70. The molecule has 0 aliphatic heterocycles. The topological polar surface area (TPSA) is 42.7 Å². The summed E-state index contributed by atoms with van der Waals surface area (Å²) in [6.45, 7) is 0.762. The zero-order valence-corrected chi connectivity index (χ0v) is 12.4. The van der Waals surface area contributed by atoms with Crippen LogP contribution in [0.2, 0.25) is 0 Å². The van der Waals surface area contributed by atoms with Gasteiger partial charge in [0.15, 0.2) is 5.82 Å². The van der Waals surface area contributed by atoms with Crippen molar-refractivity contribution in [2.75, 3.05) is 7.05 Å². The van der Waals surface area contributed by atoms with Gasteiger partial charge in [-0.2, -0.15) is 5.10 Å². The van der Waals surface area contributed by atoms with Gasteiger partial charge in [-0.3, -0.25) is 0 Å². The maximum atomic E-state index is 4.39. The number of halogens is 2. The summed E-state index contributed by atoms with van der Waals surface area (Å²) >= 11 is 5.65. The average Bonchev–Trinajstić information content (AvgIpc) is 2.65. The van der Waals surface area contributed by atoms with Gasteiger partial charge in [-0.15, -0.1) is 0 Å². The summed E-state index contributed by atoms with van der Waals surface area (Å²) in [6, 6.07) is 2.05. The van der Waals surface area contributed by atoms with Gasteiger partial charge in [-0.25, -0.2) is 9.67 Å². The van der Waals surface area contributed by atoms with E-state index in [0.717, 1.165) is 26.0 Å². The lowest BCUT2D eigenvalue weighted by molar-refractivity contribution is 0.770. The van der Waals surface area contributed by atoms with Gasteiger partial charge in [0.1, 0.15) is 0 Å². The first-order chi connectivity index (χ1) is 7.70. The Labute approximate surface area is 116 Å². The van der Waals surface area contributed by atoms with Gasteiger partial charge in [0, 0.05) is 29.0 Å².